The fourth-order valence-corrected chi connectivity index (χ4v) is 4.29. The number of ether oxygens (including phenoxy) is 1. The number of aromatic nitrogens is 3. The Balaban J connectivity index is 1.48. The van der Waals surface area contributed by atoms with Crippen molar-refractivity contribution in [2.45, 2.75) is 45.9 Å². The van der Waals surface area contributed by atoms with Crippen molar-refractivity contribution >= 4 is 22.6 Å². The van der Waals surface area contributed by atoms with Crippen molar-refractivity contribution in [3.05, 3.63) is 57.3 Å². The monoisotopic (exact) mass is 448 g/mol. The molecule has 33 heavy (non-hydrogen) atoms. The third-order valence-electron chi connectivity index (χ3n) is 6.10. The van der Waals surface area contributed by atoms with E-state index in [0.717, 1.165) is 30.7 Å². The number of hydrogen-bond donors (Lipinski definition) is 2. The Hall–Kier alpha value is -3.48. The first-order chi connectivity index (χ1) is 15.9. The molecule has 0 bridgehead atoms. The van der Waals surface area contributed by atoms with E-state index in [1.54, 1.807) is 30.1 Å². The molecule has 0 radical (unpaired) electrons. The van der Waals surface area contributed by atoms with Crippen LogP contribution >= 0.6 is 0 Å². The first-order valence-corrected chi connectivity index (χ1v) is 11.0. The van der Waals surface area contributed by atoms with Crippen LogP contribution in [0.5, 0.6) is 0 Å². The molecule has 4 rings (SSSR count). The molecule has 0 spiro atoms. The number of fused-ring (bicyclic) bond motifs is 1. The second-order valence-electron chi connectivity index (χ2n) is 8.54. The first kappa shape index (κ1) is 22.7. The highest BCUT2D eigenvalue weighted by Gasteiger charge is 2.24. The molecule has 1 atom stereocenters. The average Bonchev–Trinajstić information content (AvgIpc) is 3.36. The van der Waals surface area contributed by atoms with Crippen LogP contribution in [0.2, 0.25) is 0 Å². The van der Waals surface area contributed by atoms with Gasteiger partial charge in [0.2, 0.25) is 5.91 Å². The zero-order valence-corrected chi connectivity index (χ0v) is 19.1. The third-order valence-corrected chi connectivity index (χ3v) is 6.10. The molecule has 172 valence electrons. The quantitative estimate of drug-likeness (QED) is 0.574. The summed E-state index contributed by atoms with van der Waals surface area (Å²) >= 11 is 0. The number of aromatic amines is 1. The Morgan fingerprint density at radius 2 is 2.18 bits per heavy atom. The van der Waals surface area contributed by atoms with Crippen LogP contribution in [0.1, 0.15) is 35.5 Å². The van der Waals surface area contributed by atoms with Gasteiger partial charge in [-0.1, -0.05) is 12.1 Å². The molecule has 2 aromatic heterocycles. The maximum absolute atomic E-state index is 12.9. The summed E-state index contributed by atoms with van der Waals surface area (Å²) in [7, 11) is 1.78. The van der Waals surface area contributed by atoms with Crippen LogP contribution in [0, 0.1) is 25.2 Å². The van der Waals surface area contributed by atoms with Crippen molar-refractivity contribution in [3.63, 3.8) is 0 Å². The molecule has 2 N–H and O–H groups in total. The number of anilines is 1. The molecule has 1 aromatic carbocycles. The fraction of sp³-hybridized carbons (Fsp3) is 0.417. The number of para-hydroxylation sites is 1. The highest BCUT2D eigenvalue weighted by molar-refractivity contribution is 5.93. The lowest BCUT2D eigenvalue weighted by Crippen LogP contribution is -2.32. The lowest BCUT2D eigenvalue weighted by Gasteiger charge is -2.19. The Bertz CT molecular complexity index is 1280. The molecule has 1 aliphatic heterocycles. The van der Waals surface area contributed by atoms with Gasteiger partial charge in [0, 0.05) is 12.3 Å². The standard InChI is InChI=1S/C24H28N6O3/c1-15-16(2)30(12-17-7-6-10-33-17)23(19(15)11-25)28-22(31)14-29(3)13-21-26-20-9-5-4-8-18(20)24(32)27-21/h4-5,8-9,17H,6-7,10,12-14H2,1-3H3,(H,28,31)(H,26,27,32)/t17-/m1/s1. The predicted molar refractivity (Wildman–Crippen MR) is 125 cm³/mol. The number of H-pyrrole nitrogens is 1. The van der Waals surface area contributed by atoms with E-state index in [2.05, 4.69) is 21.4 Å². The minimum absolute atomic E-state index is 0.0740. The minimum atomic E-state index is -0.247. The summed E-state index contributed by atoms with van der Waals surface area (Å²) in [5.74, 6) is 0.752. The lowest BCUT2D eigenvalue weighted by atomic mass is 10.2. The van der Waals surface area contributed by atoms with Crippen LogP contribution in [-0.4, -0.2) is 51.6 Å². The number of likely N-dealkylation sites (N-methyl/N-ethyl adjacent to an activating group) is 1. The number of amides is 1. The molecule has 1 fully saturated rings. The maximum atomic E-state index is 12.9. The third kappa shape index (κ3) is 4.82. The molecule has 9 nitrogen and oxygen atoms in total. The van der Waals surface area contributed by atoms with E-state index in [1.807, 2.05) is 24.5 Å². The van der Waals surface area contributed by atoms with Crippen LogP contribution in [0.25, 0.3) is 10.9 Å². The molecule has 0 unspecified atom stereocenters. The maximum Gasteiger partial charge on any atom is 0.258 e. The van der Waals surface area contributed by atoms with E-state index < -0.39 is 0 Å². The molecule has 1 amide bonds. The predicted octanol–water partition coefficient (Wildman–Crippen LogP) is 2.46. The minimum Gasteiger partial charge on any atom is -0.376 e. The van der Waals surface area contributed by atoms with E-state index >= 15 is 0 Å². The Kier molecular flexibility index (Phi) is 6.58. The number of carbonyl (C=O) groups is 1. The summed E-state index contributed by atoms with van der Waals surface area (Å²) < 4.78 is 7.74. The van der Waals surface area contributed by atoms with Gasteiger partial charge in [-0.05, 0) is 51.4 Å². The van der Waals surface area contributed by atoms with Gasteiger partial charge in [-0.2, -0.15) is 5.26 Å². The Labute approximate surface area is 192 Å². The number of nitrogens with one attached hydrogen (secondary N) is 2. The van der Waals surface area contributed by atoms with Gasteiger partial charge in [-0.25, -0.2) is 4.98 Å². The second kappa shape index (κ2) is 9.57. The van der Waals surface area contributed by atoms with Crippen LogP contribution in [0.15, 0.2) is 29.1 Å². The van der Waals surface area contributed by atoms with Crippen LogP contribution in [-0.2, 0) is 22.6 Å². The second-order valence-corrected chi connectivity index (χ2v) is 8.54. The average molecular weight is 449 g/mol. The van der Waals surface area contributed by atoms with Gasteiger partial charge >= 0.3 is 0 Å². The molecule has 1 aliphatic rings. The highest BCUT2D eigenvalue weighted by atomic mass is 16.5. The zero-order valence-electron chi connectivity index (χ0n) is 19.1. The lowest BCUT2D eigenvalue weighted by molar-refractivity contribution is -0.117. The topological polar surface area (TPSA) is 116 Å². The molecule has 9 heteroatoms. The van der Waals surface area contributed by atoms with Crippen molar-refractivity contribution in [2.75, 3.05) is 25.5 Å². The van der Waals surface area contributed by atoms with Gasteiger partial charge in [0.25, 0.3) is 5.56 Å². The molecule has 0 saturated carbocycles. The van der Waals surface area contributed by atoms with Gasteiger partial charge in [0.15, 0.2) is 0 Å². The van der Waals surface area contributed by atoms with Gasteiger partial charge in [0.1, 0.15) is 17.7 Å². The Morgan fingerprint density at radius 1 is 1.39 bits per heavy atom. The first-order valence-electron chi connectivity index (χ1n) is 11.0. The summed E-state index contributed by atoms with van der Waals surface area (Å²) in [5.41, 5.74) is 2.69. The number of nitriles is 1. The van der Waals surface area contributed by atoms with E-state index in [0.29, 0.717) is 41.2 Å². The summed E-state index contributed by atoms with van der Waals surface area (Å²) in [4.78, 5) is 34.2. The molecule has 0 aliphatic carbocycles. The normalized spacial score (nSPS) is 15.8. The smallest absolute Gasteiger partial charge is 0.258 e. The highest BCUT2D eigenvalue weighted by Crippen LogP contribution is 2.28. The number of nitrogens with zero attached hydrogens (tertiary/aromatic N) is 4. The van der Waals surface area contributed by atoms with E-state index in [-0.39, 0.29) is 24.1 Å². The summed E-state index contributed by atoms with van der Waals surface area (Å²) in [6, 6.07) is 9.37. The fourth-order valence-electron chi connectivity index (χ4n) is 4.29. The number of rotatable bonds is 7. The molecule has 3 heterocycles. The van der Waals surface area contributed by atoms with Gasteiger partial charge in [-0.3, -0.25) is 14.5 Å². The van der Waals surface area contributed by atoms with Gasteiger partial charge in [-0.15, -0.1) is 0 Å². The van der Waals surface area contributed by atoms with Crippen LogP contribution < -0.4 is 10.9 Å². The number of benzene rings is 1. The van der Waals surface area contributed by atoms with E-state index in [4.69, 9.17) is 4.74 Å². The van der Waals surface area contributed by atoms with Gasteiger partial charge < -0.3 is 19.6 Å². The zero-order chi connectivity index (χ0) is 23.5. The molecular formula is C24H28N6O3. The summed E-state index contributed by atoms with van der Waals surface area (Å²) in [6.45, 7) is 5.56. The summed E-state index contributed by atoms with van der Waals surface area (Å²) in [5, 5.41) is 13.2. The van der Waals surface area contributed by atoms with Crippen LogP contribution in [0.3, 0.4) is 0 Å². The van der Waals surface area contributed by atoms with Gasteiger partial charge in [0.05, 0.1) is 42.2 Å². The Morgan fingerprint density at radius 3 is 2.91 bits per heavy atom. The van der Waals surface area contributed by atoms with E-state index in [9.17, 15) is 14.9 Å². The van der Waals surface area contributed by atoms with Crippen molar-refractivity contribution in [1.29, 1.82) is 5.26 Å². The SMILES string of the molecule is Cc1c(C#N)c(NC(=O)CN(C)Cc2nc3ccccc3c(=O)[nH]2)n(C[C@H]2CCCO2)c1C. The van der Waals surface area contributed by atoms with Crippen molar-refractivity contribution in [3.8, 4) is 6.07 Å². The number of carbonyl (C=O) groups excluding carboxylic acids is 1. The van der Waals surface area contributed by atoms with Crippen molar-refractivity contribution in [1.82, 2.24) is 19.4 Å². The molecule has 3 aromatic rings. The van der Waals surface area contributed by atoms with Crippen LogP contribution in [0.4, 0.5) is 5.82 Å². The van der Waals surface area contributed by atoms with E-state index in [1.165, 1.54) is 0 Å². The van der Waals surface area contributed by atoms with Crippen molar-refractivity contribution in [2.24, 2.45) is 0 Å². The number of hydrogen-bond acceptors (Lipinski definition) is 6. The molecular weight excluding hydrogens is 420 g/mol. The van der Waals surface area contributed by atoms with Crippen molar-refractivity contribution < 1.29 is 9.53 Å². The largest absolute Gasteiger partial charge is 0.376 e. The summed E-state index contributed by atoms with van der Waals surface area (Å²) in [6.07, 6.45) is 2.06. The molecule has 1 saturated heterocycles.